The summed E-state index contributed by atoms with van der Waals surface area (Å²) >= 11 is 0. The zero-order chi connectivity index (χ0) is 14.5. The highest BCUT2D eigenvalue weighted by molar-refractivity contribution is 7.89. The Labute approximate surface area is 111 Å². The number of methoxy groups -OCH3 is 1. The lowest BCUT2D eigenvalue weighted by Gasteiger charge is -2.19. The molecule has 7 nitrogen and oxygen atoms in total. The summed E-state index contributed by atoms with van der Waals surface area (Å²) in [6.45, 7) is 1.27. The number of carbonyl (C=O) groups is 1. The molecular weight excluding hydrogens is 272 g/mol. The highest BCUT2D eigenvalue weighted by Crippen LogP contribution is 2.19. The first-order chi connectivity index (χ1) is 8.95. The molecule has 19 heavy (non-hydrogen) atoms. The van der Waals surface area contributed by atoms with Crippen LogP contribution in [0.5, 0.6) is 5.75 Å². The standard InChI is InChI=1S/C11H16N2O5S/c1-3-13(8-11(14)12-15)19(16,17)10-6-4-9(18-2)5-7-10/h4-7,15H,3,8H2,1-2H3,(H,12,14). The predicted molar refractivity (Wildman–Crippen MR) is 67.4 cm³/mol. The average molecular weight is 288 g/mol. The lowest BCUT2D eigenvalue weighted by molar-refractivity contribution is -0.129. The van der Waals surface area contributed by atoms with E-state index >= 15 is 0 Å². The first-order valence-electron chi connectivity index (χ1n) is 5.52. The maximum Gasteiger partial charge on any atom is 0.258 e. The van der Waals surface area contributed by atoms with Crippen molar-refractivity contribution in [2.24, 2.45) is 0 Å². The van der Waals surface area contributed by atoms with E-state index in [1.54, 1.807) is 6.92 Å². The maximum atomic E-state index is 12.2. The van der Waals surface area contributed by atoms with Crippen molar-refractivity contribution in [3.63, 3.8) is 0 Å². The van der Waals surface area contributed by atoms with Gasteiger partial charge in [0.25, 0.3) is 5.91 Å². The van der Waals surface area contributed by atoms with Gasteiger partial charge in [-0.3, -0.25) is 10.0 Å². The molecule has 1 aromatic carbocycles. The van der Waals surface area contributed by atoms with Crippen LogP contribution in [0.3, 0.4) is 0 Å². The fourth-order valence-corrected chi connectivity index (χ4v) is 2.86. The topological polar surface area (TPSA) is 95.9 Å². The highest BCUT2D eigenvalue weighted by atomic mass is 32.2. The molecule has 0 radical (unpaired) electrons. The molecule has 0 aliphatic carbocycles. The van der Waals surface area contributed by atoms with Crippen LogP contribution in [-0.4, -0.2) is 44.0 Å². The Balaban J connectivity index is 3.02. The van der Waals surface area contributed by atoms with Crippen LogP contribution in [0, 0.1) is 0 Å². The average Bonchev–Trinajstić information content (AvgIpc) is 2.44. The fourth-order valence-electron chi connectivity index (χ4n) is 1.46. The van der Waals surface area contributed by atoms with Crippen LogP contribution >= 0.6 is 0 Å². The number of amides is 1. The first kappa shape index (κ1) is 15.4. The Morgan fingerprint density at radius 2 is 1.95 bits per heavy atom. The van der Waals surface area contributed by atoms with Crippen molar-refractivity contribution in [3.05, 3.63) is 24.3 Å². The Morgan fingerprint density at radius 1 is 1.37 bits per heavy atom. The molecule has 8 heteroatoms. The van der Waals surface area contributed by atoms with Gasteiger partial charge in [-0.05, 0) is 24.3 Å². The Hall–Kier alpha value is -1.64. The number of hydrogen-bond donors (Lipinski definition) is 2. The molecule has 0 atom stereocenters. The van der Waals surface area contributed by atoms with E-state index in [1.165, 1.54) is 36.9 Å². The van der Waals surface area contributed by atoms with E-state index in [1.807, 2.05) is 0 Å². The SMILES string of the molecule is CCN(CC(=O)NO)S(=O)(=O)c1ccc(OC)cc1. The normalized spacial score (nSPS) is 11.4. The Morgan fingerprint density at radius 3 is 2.37 bits per heavy atom. The monoisotopic (exact) mass is 288 g/mol. The van der Waals surface area contributed by atoms with E-state index in [0.29, 0.717) is 5.75 Å². The lowest BCUT2D eigenvalue weighted by Crippen LogP contribution is -2.39. The molecule has 1 amide bonds. The van der Waals surface area contributed by atoms with E-state index in [-0.39, 0.29) is 11.4 Å². The van der Waals surface area contributed by atoms with Gasteiger partial charge in [-0.25, -0.2) is 13.9 Å². The van der Waals surface area contributed by atoms with Gasteiger partial charge in [0.2, 0.25) is 10.0 Å². The summed E-state index contributed by atoms with van der Waals surface area (Å²) in [7, 11) is -2.30. The Bertz CT molecular complexity index is 527. The van der Waals surface area contributed by atoms with E-state index in [0.717, 1.165) is 4.31 Å². The minimum Gasteiger partial charge on any atom is -0.497 e. The largest absolute Gasteiger partial charge is 0.497 e. The van der Waals surface area contributed by atoms with Crippen molar-refractivity contribution in [1.82, 2.24) is 9.79 Å². The van der Waals surface area contributed by atoms with Gasteiger partial charge >= 0.3 is 0 Å². The molecule has 0 aliphatic heterocycles. The van der Waals surface area contributed by atoms with Gasteiger partial charge in [-0.1, -0.05) is 6.92 Å². The van der Waals surface area contributed by atoms with Gasteiger partial charge in [0, 0.05) is 6.54 Å². The third-order valence-corrected chi connectivity index (χ3v) is 4.43. The van der Waals surface area contributed by atoms with Gasteiger partial charge in [-0.15, -0.1) is 0 Å². The number of nitrogens with one attached hydrogen (secondary N) is 1. The van der Waals surface area contributed by atoms with E-state index in [9.17, 15) is 13.2 Å². The predicted octanol–water partition coefficient (Wildman–Crippen LogP) is 0.211. The van der Waals surface area contributed by atoms with E-state index < -0.39 is 22.5 Å². The van der Waals surface area contributed by atoms with Crippen LogP contribution in [0.1, 0.15) is 6.92 Å². The number of nitrogens with zero attached hydrogens (tertiary/aromatic N) is 1. The zero-order valence-electron chi connectivity index (χ0n) is 10.7. The highest BCUT2D eigenvalue weighted by Gasteiger charge is 2.25. The van der Waals surface area contributed by atoms with E-state index in [4.69, 9.17) is 9.94 Å². The molecule has 0 heterocycles. The second-order valence-electron chi connectivity index (χ2n) is 3.64. The number of rotatable bonds is 6. The third-order valence-electron chi connectivity index (χ3n) is 2.49. The summed E-state index contributed by atoms with van der Waals surface area (Å²) in [6.07, 6.45) is 0. The number of sulfonamides is 1. The second kappa shape index (κ2) is 6.50. The summed E-state index contributed by atoms with van der Waals surface area (Å²) in [6, 6.07) is 5.83. The minimum atomic E-state index is -3.78. The molecule has 0 saturated carbocycles. The number of ether oxygens (including phenoxy) is 1. The maximum absolute atomic E-state index is 12.2. The summed E-state index contributed by atoms with van der Waals surface area (Å²) in [4.78, 5) is 11.1. The van der Waals surface area contributed by atoms with Crippen molar-refractivity contribution in [2.45, 2.75) is 11.8 Å². The van der Waals surface area contributed by atoms with E-state index in [2.05, 4.69) is 0 Å². The minimum absolute atomic E-state index is 0.0564. The van der Waals surface area contributed by atoms with Crippen LogP contribution in [-0.2, 0) is 14.8 Å². The van der Waals surface area contributed by atoms with Gasteiger partial charge in [0.05, 0.1) is 18.6 Å². The Kier molecular flexibility index (Phi) is 5.28. The molecule has 1 aromatic rings. The molecule has 106 valence electrons. The zero-order valence-corrected chi connectivity index (χ0v) is 11.5. The fraction of sp³-hybridized carbons (Fsp3) is 0.364. The van der Waals surface area contributed by atoms with Gasteiger partial charge in [0.15, 0.2) is 0 Å². The molecule has 0 spiro atoms. The molecule has 0 aliphatic rings. The van der Waals surface area contributed by atoms with Crippen LogP contribution in [0.2, 0.25) is 0 Å². The molecular formula is C11H16N2O5S. The molecule has 2 N–H and O–H groups in total. The van der Waals surface area contributed by atoms with Crippen molar-refractivity contribution in [3.8, 4) is 5.75 Å². The summed E-state index contributed by atoms with van der Waals surface area (Å²) in [5.74, 6) is -0.256. The quantitative estimate of drug-likeness (QED) is 0.576. The number of benzene rings is 1. The molecule has 0 unspecified atom stereocenters. The smallest absolute Gasteiger partial charge is 0.258 e. The number of hydrogen-bond acceptors (Lipinski definition) is 5. The van der Waals surface area contributed by atoms with Gasteiger partial charge < -0.3 is 4.74 Å². The number of hydroxylamine groups is 1. The van der Waals surface area contributed by atoms with Crippen LogP contribution in [0.25, 0.3) is 0 Å². The molecule has 0 fully saturated rings. The lowest BCUT2D eigenvalue weighted by atomic mass is 10.3. The van der Waals surface area contributed by atoms with Gasteiger partial charge in [-0.2, -0.15) is 4.31 Å². The van der Waals surface area contributed by atoms with Crippen LogP contribution < -0.4 is 10.2 Å². The summed E-state index contributed by atoms with van der Waals surface area (Å²) in [5, 5.41) is 8.45. The molecule has 1 rings (SSSR count). The second-order valence-corrected chi connectivity index (χ2v) is 5.58. The van der Waals surface area contributed by atoms with Crippen molar-refractivity contribution >= 4 is 15.9 Å². The molecule has 0 aromatic heterocycles. The third kappa shape index (κ3) is 3.66. The van der Waals surface area contributed by atoms with Gasteiger partial charge in [0.1, 0.15) is 5.75 Å². The summed E-state index contributed by atoms with van der Waals surface area (Å²) in [5.41, 5.74) is 1.41. The van der Waals surface area contributed by atoms with Crippen LogP contribution in [0.15, 0.2) is 29.2 Å². The van der Waals surface area contributed by atoms with Crippen LogP contribution in [0.4, 0.5) is 0 Å². The number of likely N-dealkylation sites (N-methyl/N-ethyl adjacent to an activating group) is 1. The molecule has 0 saturated heterocycles. The molecule has 0 bridgehead atoms. The van der Waals surface area contributed by atoms with Crippen molar-refractivity contribution in [1.29, 1.82) is 0 Å². The van der Waals surface area contributed by atoms with Crippen molar-refractivity contribution in [2.75, 3.05) is 20.2 Å². The van der Waals surface area contributed by atoms with Crippen molar-refractivity contribution < 1.29 is 23.2 Å². The summed E-state index contributed by atoms with van der Waals surface area (Å²) < 4.78 is 30.4. The number of carbonyl (C=O) groups excluding carboxylic acids is 1. The first-order valence-corrected chi connectivity index (χ1v) is 6.96.